The Hall–Kier alpha value is -1.46. The van der Waals surface area contributed by atoms with Crippen molar-refractivity contribution in [3.63, 3.8) is 0 Å². The zero-order chi connectivity index (χ0) is 11.5. The maximum atomic E-state index is 11.6. The Morgan fingerprint density at radius 2 is 2.44 bits per heavy atom. The first-order valence-electron chi connectivity index (χ1n) is 4.98. The van der Waals surface area contributed by atoms with Gasteiger partial charge >= 0.3 is 0 Å². The van der Waals surface area contributed by atoms with E-state index in [0.717, 1.165) is 22.0 Å². The van der Waals surface area contributed by atoms with Gasteiger partial charge in [0.05, 0.1) is 5.70 Å². The summed E-state index contributed by atoms with van der Waals surface area (Å²) in [5.41, 5.74) is 0.814. The van der Waals surface area contributed by atoms with Gasteiger partial charge < -0.3 is 5.32 Å². The summed E-state index contributed by atoms with van der Waals surface area (Å²) in [5.74, 6) is 5.99. The van der Waals surface area contributed by atoms with E-state index in [-0.39, 0.29) is 5.91 Å². The lowest BCUT2D eigenvalue weighted by Crippen LogP contribution is -2.44. The lowest BCUT2D eigenvalue weighted by Gasteiger charge is -2.27. The number of hydrazine groups is 1. The number of amides is 1. The molecule has 16 heavy (non-hydrogen) atoms. The van der Waals surface area contributed by atoms with Crippen molar-refractivity contribution in [2.24, 2.45) is 5.84 Å². The van der Waals surface area contributed by atoms with Gasteiger partial charge in [-0.05, 0) is 24.8 Å². The van der Waals surface area contributed by atoms with Crippen LogP contribution in [0.2, 0.25) is 0 Å². The summed E-state index contributed by atoms with van der Waals surface area (Å²) in [4.78, 5) is 12.7. The minimum absolute atomic E-state index is 0.210. The van der Waals surface area contributed by atoms with E-state index in [1.165, 1.54) is 6.08 Å². The van der Waals surface area contributed by atoms with Gasteiger partial charge in [0.1, 0.15) is 5.82 Å². The Balaban J connectivity index is 2.26. The highest BCUT2D eigenvalue weighted by molar-refractivity contribution is 8.06. The van der Waals surface area contributed by atoms with Crippen LogP contribution in [-0.4, -0.2) is 10.9 Å². The van der Waals surface area contributed by atoms with Crippen molar-refractivity contribution in [1.29, 1.82) is 0 Å². The molecule has 0 radical (unpaired) electrons. The second-order valence-corrected chi connectivity index (χ2v) is 4.31. The molecular weight excluding hydrogens is 222 g/mol. The molecule has 2 aliphatic rings. The number of hydrogen-bond donors (Lipinski definition) is 2. The number of hydrogen-bond acceptors (Lipinski definition) is 4. The quantitative estimate of drug-likeness (QED) is 0.535. The molecule has 3 N–H and O–H groups in total. The summed E-state index contributed by atoms with van der Waals surface area (Å²) < 4.78 is 0. The summed E-state index contributed by atoms with van der Waals surface area (Å²) >= 11 is 1.60. The number of carbonyl (C=O) groups is 1. The third kappa shape index (κ3) is 2.05. The Morgan fingerprint density at radius 3 is 3.06 bits per heavy atom. The largest absolute Gasteiger partial charge is 0.340 e. The zero-order valence-electron chi connectivity index (χ0n) is 8.93. The fourth-order valence-corrected chi connectivity index (χ4v) is 2.25. The van der Waals surface area contributed by atoms with Crippen molar-refractivity contribution in [2.45, 2.75) is 13.3 Å². The number of rotatable bonds is 1. The molecule has 5 heteroatoms. The number of nitrogens with one attached hydrogen (secondary N) is 1. The van der Waals surface area contributed by atoms with Crippen LogP contribution in [0.1, 0.15) is 13.3 Å². The molecule has 4 nitrogen and oxygen atoms in total. The molecule has 84 valence electrons. The van der Waals surface area contributed by atoms with Crippen LogP contribution >= 0.6 is 11.8 Å². The normalized spacial score (nSPS) is 23.0. The monoisotopic (exact) mass is 235 g/mol. The summed E-state index contributed by atoms with van der Waals surface area (Å²) in [6.45, 7) is 1.83. The SMILES string of the molecule is C/C=C1/NC(C2=CCC=CS2)=CC(=O)N1N. The second-order valence-electron chi connectivity index (χ2n) is 3.36. The van der Waals surface area contributed by atoms with Crippen LogP contribution in [0.15, 0.2) is 46.1 Å². The third-order valence-corrected chi connectivity index (χ3v) is 3.27. The van der Waals surface area contributed by atoms with Gasteiger partial charge in [-0.3, -0.25) is 4.79 Å². The molecule has 2 heterocycles. The van der Waals surface area contributed by atoms with Crippen LogP contribution in [0.5, 0.6) is 0 Å². The topological polar surface area (TPSA) is 58.4 Å². The highest BCUT2D eigenvalue weighted by Crippen LogP contribution is 2.29. The van der Waals surface area contributed by atoms with E-state index in [1.807, 2.05) is 12.3 Å². The minimum Gasteiger partial charge on any atom is -0.340 e. The van der Waals surface area contributed by atoms with Crippen molar-refractivity contribution in [1.82, 2.24) is 10.3 Å². The van der Waals surface area contributed by atoms with E-state index >= 15 is 0 Å². The maximum absolute atomic E-state index is 11.6. The smallest absolute Gasteiger partial charge is 0.268 e. The molecule has 1 amide bonds. The molecule has 0 aromatic carbocycles. The van der Waals surface area contributed by atoms with Crippen LogP contribution in [0.25, 0.3) is 0 Å². The Morgan fingerprint density at radius 1 is 1.62 bits per heavy atom. The Kier molecular flexibility index (Phi) is 3.17. The van der Waals surface area contributed by atoms with E-state index in [2.05, 4.69) is 17.5 Å². The first-order valence-corrected chi connectivity index (χ1v) is 5.86. The molecule has 0 fully saturated rings. The molecule has 0 aliphatic carbocycles. The zero-order valence-corrected chi connectivity index (χ0v) is 9.75. The van der Waals surface area contributed by atoms with Gasteiger partial charge in [-0.25, -0.2) is 10.9 Å². The number of allylic oxidation sites excluding steroid dienone is 3. The van der Waals surface area contributed by atoms with Gasteiger partial charge in [-0.15, -0.1) is 0 Å². The fraction of sp³-hybridized carbons (Fsp3) is 0.182. The molecule has 2 aliphatic heterocycles. The molecule has 0 bridgehead atoms. The summed E-state index contributed by atoms with van der Waals surface area (Å²) in [7, 11) is 0. The van der Waals surface area contributed by atoms with E-state index in [1.54, 1.807) is 17.8 Å². The van der Waals surface area contributed by atoms with Gasteiger partial charge in [0, 0.05) is 11.0 Å². The summed E-state index contributed by atoms with van der Waals surface area (Å²) in [5, 5.41) is 6.26. The molecule has 0 aromatic heterocycles. The number of nitrogens with two attached hydrogens (primary N) is 1. The molecule has 0 unspecified atom stereocenters. The minimum atomic E-state index is -0.210. The van der Waals surface area contributed by atoms with Crippen LogP contribution in [0.4, 0.5) is 0 Å². The Labute approximate surface area is 98.5 Å². The lowest BCUT2D eigenvalue weighted by atomic mass is 10.2. The van der Waals surface area contributed by atoms with Crippen molar-refractivity contribution in [3.8, 4) is 0 Å². The summed E-state index contributed by atoms with van der Waals surface area (Å²) in [6, 6.07) is 0. The summed E-state index contributed by atoms with van der Waals surface area (Å²) in [6.07, 6.45) is 8.34. The lowest BCUT2D eigenvalue weighted by molar-refractivity contribution is -0.125. The molecular formula is C11H13N3OS. The van der Waals surface area contributed by atoms with E-state index < -0.39 is 0 Å². The fourth-order valence-electron chi connectivity index (χ4n) is 1.46. The number of nitrogens with zero attached hydrogens (tertiary/aromatic N) is 1. The van der Waals surface area contributed by atoms with Gasteiger partial charge in [0.25, 0.3) is 5.91 Å². The standard InChI is InChI=1S/C11H13N3OS/c1-2-10-13-8(7-11(15)14(10)12)9-5-3-4-6-16-9/h2,4-7,13H,3,12H2,1H3/b10-2-. The predicted octanol–water partition coefficient (Wildman–Crippen LogP) is 1.57. The highest BCUT2D eigenvalue weighted by Gasteiger charge is 2.21. The van der Waals surface area contributed by atoms with E-state index in [4.69, 9.17) is 5.84 Å². The van der Waals surface area contributed by atoms with Crippen molar-refractivity contribution < 1.29 is 4.79 Å². The second kappa shape index (κ2) is 4.59. The first kappa shape index (κ1) is 11.0. The molecule has 0 aromatic rings. The molecule has 0 saturated carbocycles. The number of carbonyl (C=O) groups excluding carboxylic acids is 1. The van der Waals surface area contributed by atoms with Crippen molar-refractivity contribution in [2.75, 3.05) is 0 Å². The Bertz CT molecular complexity index is 435. The first-order chi connectivity index (χ1) is 7.72. The average Bonchev–Trinajstić information content (AvgIpc) is 2.33. The number of thioether (sulfide) groups is 1. The van der Waals surface area contributed by atoms with Crippen LogP contribution in [0.3, 0.4) is 0 Å². The van der Waals surface area contributed by atoms with Gasteiger partial charge in [-0.2, -0.15) is 0 Å². The van der Waals surface area contributed by atoms with Crippen LogP contribution in [0, 0.1) is 0 Å². The van der Waals surface area contributed by atoms with Gasteiger partial charge in [-0.1, -0.05) is 23.9 Å². The third-order valence-electron chi connectivity index (χ3n) is 2.30. The van der Waals surface area contributed by atoms with E-state index in [9.17, 15) is 4.79 Å². The van der Waals surface area contributed by atoms with Crippen LogP contribution < -0.4 is 11.2 Å². The van der Waals surface area contributed by atoms with Crippen molar-refractivity contribution >= 4 is 17.7 Å². The maximum Gasteiger partial charge on any atom is 0.268 e. The molecule has 2 rings (SSSR count). The van der Waals surface area contributed by atoms with Crippen LogP contribution in [-0.2, 0) is 4.79 Å². The molecule has 0 atom stereocenters. The van der Waals surface area contributed by atoms with Crippen molar-refractivity contribution in [3.05, 3.63) is 46.1 Å². The van der Waals surface area contributed by atoms with E-state index in [0.29, 0.717) is 5.82 Å². The molecule has 0 saturated heterocycles. The average molecular weight is 235 g/mol. The highest BCUT2D eigenvalue weighted by atomic mass is 32.2. The van der Waals surface area contributed by atoms with Gasteiger partial charge in [0.2, 0.25) is 0 Å². The molecule has 0 spiro atoms. The van der Waals surface area contributed by atoms with Gasteiger partial charge in [0.15, 0.2) is 0 Å². The predicted molar refractivity (Wildman–Crippen MR) is 65.4 cm³/mol.